The van der Waals surface area contributed by atoms with Gasteiger partial charge in [-0.05, 0) is 55.7 Å². The van der Waals surface area contributed by atoms with Crippen LogP contribution in [0.1, 0.15) is 34.6 Å². The van der Waals surface area contributed by atoms with Gasteiger partial charge in [-0.25, -0.2) is 9.97 Å². The van der Waals surface area contributed by atoms with Gasteiger partial charge in [-0.3, -0.25) is 4.79 Å². The Morgan fingerprint density at radius 3 is 2.65 bits per heavy atom. The zero-order valence-electron chi connectivity index (χ0n) is 14.1. The van der Waals surface area contributed by atoms with Gasteiger partial charge >= 0.3 is 0 Å². The molecule has 1 aliphatic heterocycles. The van der Waals surface area contributed by atoms with Crippen LogP contribution in [-0.2, 0) is 13.0 Å². The van der Waals surface area contributed by atoms with E-state index in [9.17, 15) is 4.79 Å². The maximum absolute atomic E-state index is 12.2. The fourth-order valence-electron chi connectivity index (χ4n) is 3.16. The number of aryl methyl sites for hydroxylation is 1. The van der Waals surface area contributed by atoms with Crippen molar-refractivity contribution in [2.45, 2.75) is 25.8 Å². The summed E-state index contributed by atoms with van der Waals surface area (Å²) in [6.07, 6.45) is 6.83. The molecule has 6 nitrogen and oxygen atoms in total. The predicted molar refractivity (Wildman–Crippen MR) is 97.5 cm³/mol. The Morgan fingerprint density at radius 1 is 1.08 bits per heavy atom. The largest absolute Gasteiger partial charge is 0.328 e. The van der Waals surface area contributed by atoms with E-state index in [1.807, 2.05) is 36.5 Å². The lowest BCUT2D eigenvalue weighted by molar-refractivity contribution is 0.102. The van der Waals surface area contributed by atoms with Gasteiger partial charge in [0.25, 0.3) is 5.91 Å². The lowest BCUT2D eigenvalue weighted by Crippen LogP contribution is -2.13. The SMILES string of the molecule is N#Cc1ccc(C(=O)Nc2ccc(-c3ncc4n3CCCC4)cc2)nc1. The summed E-state index contributed by atoms with van der Waals surface area (Å²) in [5, 5.41) is 11.6. The first-order valence-corrected chi connectivity index (χ1v) is 8.57. The average Bonchev–Trinajstić information content (AvgIpc) is 3.13. The van der Waals surface area contributed by atoms with Gasteiger partial charge in [0.05, 0.1) is 5.56 Å². The van der Waals surface area contributed by atoms with Gasteiger partial charge in [-0.2, -0.15) is 5.26 Å². The van der Waals surface area contributed by atoms with Crippen LogP contribution in [0.2, 0.25) is 0 Å². The molecule has 1 amide bonds. The zero-order valence-corrected chi connectivity index (χ0v) is 14.1. The van der Waals surface area contributed by atoms with Crippen LogP contribution >= 0.6 is 0 Å². The second-order valence-electron chi connectivity index (χ2n) is 6.26. The lowest BCUT2D eigenvalue weighted by Gasteiger charge is -2.16. The van der Waals surface area contributed by atoms with E-state index >= 15 is 0 Å². The number of nitrogens with zero attached hydrogens (tertiary/aromatic N) is 4. The molecule has 2 aromatic heterocycles. The molecule has 1 N–H and O–H groups in total. The molecule has 0 saturated carbocycles. The minimum Gasteiger partial charge on any atom is -0.328 e. The van der Waals surface area contributed by atoms with Crippen LogP contribution in [0.3, 0.4) is 0 Å². The maximum Gasteiger partial charge on any atom is 0.274 e. The van der Waals surface area contributed by atoms with Crippen molar-refractivity contribution in [2.75, 3.05) is 5.32 Å². The van der Waals surface area contributed by atoms with Gasteiger partial charge in [0.15, 0.2) is 0 Å². The van der Waals surface area contributed by atoms with E-state index in [-0.39, 0.29) is 11.6 Å². The van der Waals surface area contributed by atoms with Crippen molar-refractivity contribution in [3.8, 4) is 17.5 Å². The minimum absolute atomic E-state index is 0.274. The summed E-state index contributed by atoms with van der Waals surface area (Å²) in [5.74, 6) is 0.673. The van der Waals surface area contributed by atoms with E-state index in [0.29, 0.717) is 11.3 Å². The maximum atomic E-state index is 12.2. The van der Waals surface area contributed by atoms with Crippen molar-refractivity contribution >= 4 is 11.6 Å². The molecule has 1 aromatic carbocycles. The molecular weight excluding hydrogens is 326 g/mol. The number of amides is 1. The molecular formula is C20H17N5O. The molecule has 0 aliphatic carbocycles. The number of nitrogens with one attached hydrogen (secondary N) is 1. The van der Waals surface area contributed by atoms with E-state index < -0.39 is 0 Å². The van der Waals surface area contributed by atoms with Crippen molar-refractivity contribution < 1.29 is 4.79 Å². The van der Waals surface area contributed by atoms with Crippen LogP contribution in [0.5, 0.6) is 0 Å². The second kappa shape index (κ2) is 6.81. The summed E-state index contributed by atoms with van der Waals surface area (Å²) in [6, 6.07) is 12.8. The van der Waals surface area contributed by atoms with E-state index in [1.54, 1.807) is 12.1 Å². The Hall–Kier alpha value is -3.46. The number of hydrogen-bond donors (Lipinski definition) is 1. The van der Waals surface area contributed by atoms with Gasteiger partial charge in [-0.15, -0.1) is 0 Å². The van der Waals surface area contributed by atoms with Gasteiger partial charge in [0, 0.05) is 35.9 Å². The van der Waals surface area contributed by atoms with Crippen LogP contribution < -0.4 is 5.32 Å². The number of pyridine rings is 1. The van der Waals surface area contributed by atoms with Crippen LogP contribution in [0.15, 0.2) is 48.8 Å². The Kier molecular flexibility index (Phi) is 4.20. The summed E-state index contributed by atoms with van der Waals surface area (Å²) in [5.41, 5.74) is 3.71. The molecule has 0 unspecified atom stereocenters. The lowest BCUT2D eigenvalue weighted by atomic mass is 10.1. The number of aromatic nitrogens is 3. The average molecular weight is 343 g/mol. The van der Waals surface area contributed by atoms with E-state index in [0.717, 1.165) is 24.4 Å². The Balaban J connectivity index is 1.50. The molecule has 3 heterocycles. The molecule has 0 fully saturated rings. The number of rotatable bonds is 3. The van der Waals surface area contributed by atoms with Crippen LogP contribution in [0, 0.1) is 11.3 Å². The van der Waals surface area contributed by atoms with E-state index in [1.165, 1.54) is 24.7 Å². The highest BCUT2D eigenvalue weighted by molar-refractivity contribution is 6.02. The number of fused-ring (bicyclic) bond motifs is 1. The standard InChI is InChI=1S/C20H17N5O/c21-11-14-4-9-18(22-12-14)20(26)24-16-7-5-15(6-8-16)19-23-13-17-3-1-2-10-25(17)19/h4-9,12-13H,1-3,10H2,(H,24,26). The molecule has 0 saturated heterocycles. The smallest absolute Gasteiger partial charge is 0.274 e. The topological polar surface area (TPSA) is 83.6 Å². The fraction of sp³-hybridized carbons (Fsp3) is 0.200. The highest BCUT2D eigenvalue weighted by atomic mass is 16.1. The number of imidazole rings is 1. The molecule has 6 heteroatoms. The summed E-state index contributed by atoms with van der Waals surface area (Å²) < 4.78 is 2.28. The van der Waals surface area contributed by atoms with Gasteiger partial charge < -0.3 is 9.88 Å². The first-order valence-electron chi connectivity index (χ1n) is 8.57. The number of benzene rings is 1. The second-order valence-corrected chi connectivity index (χ2v) is 6.26. The first kappa shape index (κ1) is 16.0. The number of anilines is 1. The Bertz CT molecular complexity index is 981. The molecule has 3 aromatic rings. The molecule has 4 rings (SSSR count). The fourth-order valence-corrected chi connectivity index (χ4v) is 3.16. The molecule has 26 heavy (non-hydrogen) atoms. The molecule has 0 atom stereocenters. The first-order chi connectivity index (χ1) is 12.7. The highest BCUT2D eigenvalue weighted by Gasteiger charge is 2.15. The quantitative estimate of drug-likeness (QED) is 0.790. The van der Waals surface area contributed by atoms with Crippen LogP contribution in [0.25, 0.3) is 11.4 Å². The van der Waals surface area contributed by atoms with Gasteiger partial charge in [0.2, 0.25) is 0 Å². The third-order valence-electron chi connectivity index (χ3n) is 4.53. The Morgan fingerprint density at radius 2 is 1.92 bits per heavy atom. The van der Waals surface area contributed by atoms with Crippen molar-refractivity contribution in [1.29, 1.82) is 5.26 Å². The van der Waals surface area contributed by atoms with Crippen molar-refractivity contribution in [2.24, 2.45) is 0 Å². The molecule has 0 bridgehead atoms. The van der Waals surface area contributed by atoms with Crippen LogP contribution in [0.4, 0.5) is 5.69 Å². The molecule has 128 valence electrons. The van der Waals surface area contributed by atoms with Crippen molar-refractivity contribution in [3.05, 3.63) is 65.7 Å². The van der Waals surface area contributed by atoms with Crippen molar-refractivity contribution in [1.82, 2.24) is 14.5 Å². The third kappa shape index (κ3) is 3.07. The van der Waals surface area contributed by atoms with E-state index in [4.69, 9.17) is 5.26 Å². The normalized spacial score (nSPS) is 12.9. The van der Waals surface area contributed by atoms with Crippen LogP contribution in [-0.4, -0.2) is 20.4 Å². The third-order valence-corrected chi connectivity index (χ3v) is 4.53. The predicted octanol–water partition coefficient (Wildman–Crippen LogP) is 3.41. The number of carbonyl (C=O) groups is 1. The summed E-state index contributed by atoms with van der Waals surface area (Å²) in [7, 11) is 0. The van der Waals surface area contributed by atoms with E-state index in [2.05, 4.69) is 19.9 Å². The van der Waals surface area contributed by atoms with Gasteiger partial charge in [0.1, 0.15) is 17.6 Å². The molecule has 1 aliphatic rings. The Labute approximate surface area is 151 Å². The monoisotopic (exact) mass is 343 g/mol. The molecule has 0 spiro atoms. The van der Waals surface area contributed by atoms with Crippen molar-refractivity contribution in [3.63, 3.8) is 0 Å². The minimum atomic E-state index is -0.305. The summed E-state index contributed by atoms with van der Waals surface area (Å²) >= 11 is 0. The summed E-state index contributed by atoms with van der Waals surface area (Å²) in [6.45, 7) is 1.01. The number of hydrogen-bond acceptors (Lipinski definition) is 4. The summed E-state index contributed by atoms with van der Waals surface area (Å²) in [4.78, 5) is 20.8. The zero-order chi connectivity index (χ0) is 17.9. The highest BCUT2D eigenvalue weighted by Crippen LogP contribution is 2.25. The molecule has 0 radical (unpaired) electrons. The number of carbonyl (C=O) groups excluding carboxylic acids is 1. The van der Waals surface area contributed by atoms with Gasteiger partial charge in [-0.1, -0.05) is 0 Å². The number of nitriles is 1.